The minimum atomic E-state index is 1.00. The molecule has 0 amide bonds. The van der Waals surface area contributed by atoms with Crippen LogP contribution in [0.1, 0.15) is 16.7 Å². The van der Waals surface area contributed by atoms with Crippen molar-refractivity contribution in [1.29, 1.82) is 0 Å². The van der Waals surface area contributed by atoms with Crippen LogP contribution in [0, 0.1) is 6.92 Å². The summed E-state index contributed by atoms with van der Waals surface area (Å²) in [4.78, 5) is 3.28. The first-order chi connectivity index (χ1) is 8.33. The highest BCUT2D eigenvalue weighted by Gasteiger charge is 2.01. The Morgan fingerprint density at radius 2 is 1.76 bits per heavy atom. The molecule has 0 saturated heterocycles. The van der Waals surface area contributed by atoms with E-state index in [2.05, 4.69) is 66.6 Å². The van der Waals surface area contributed by atoms with Gasteiger partial charge in [0.2, 0.25) is 0 Å². The smallest absolute Gasteiger partial charge is 0.0456 e. The summed E-state index contributed by atoms with van der Waals surface area (Å²) in [6.45, 7) is 2.14. The third-order valence-electron chi connectivity index (χ3n) is 3.20. The second-order valence-electron chi connectivity index (χ2n) is 4.51. The molecule has 1 heteroatoms. The fraction of sp³-hybridized carbons (Fsp3) is 0.125. The van der Waals surface area contributed by atoms with Crippen molar-refractivity contribution in [3.63, 3.8) is 0 Å². The standard InChI is InChI=1S/C16H15N/c1-12-11-17-16-8-7-14(10-15(12)16)9-13-5-3-2-4-6-13/h2-8,10-11,17H,9H2,1H3. The topological polar surface area (TPSA) is 15.8 Å². The first kappa shape index (κ1) is 10.2. The van der Waals surface area contributed by atoms with E-state index < -0.39 is 0 Å². The molecule has 1 nitrogen and oxygen atoms in total. The van der Waals surface area contributed by atoms with Crippen LogP contribution in [0.5, 0.6) is 0 Å². The molecule has 0 atom stereocenters. The Balaban J connectivity index is 1.98. The van der Waals surface area contributed by atoms with Crippen LogP contribution in [-0.4, -0.2) is 4.98 Å². The van der Waals surface area contributed by atoms with Crippen LogP contribution in [0.25, 0.3) is 10.9 Å². The van der Waals surface area contributed by atoms with Crippen molar-refractivity contribution in [1.82, 2.24) is 4.98 Å². The van der Waals surface area contributed by atoms with E-state index in [-0.39, 0.29) is 0 Å². The highest BCUT2D eigenvalue weighted by Crippen LogP contribution is 2.20. The molecule has 17 heavy (non-hydrogen) atoms. The minimum absolute atomic E-state index is 1.00. The highest BCUT2D eigenvalue weighted by atomic mass is 14.7. The number of nitrogens with one attached hydrogen (secondary N) is 1. The maximum absolute atomic E-state index is 3.28. The van der Waals surface area contributed by atoms with Gasteiger partial charge in [0.15, 0.2) is 0 Å². The van der Waals surface area contributed by atoms with Gasteiger partial charge in [0.1, 0.15) is 0 Å². The van der Waals surface area contributed by atoms with Crippen LogP contribution in [0.15, 0.2) is 54.7 Å². The fourth-order valence-corrected chi connectivity index (χ4v) is 2.25. The molecule has 84 valence electrons. The second-order valence-corrected chi connectivity index (χ2v) is 4.51. The summed E-state index contributed by atoms with van der Waals surface area (Å²) in [5, 5.41) is 1.33. The van der Waals surface area contributed by atoms with Gasteiger partial charge in [-0.25, -0.2) is 0 Å². The van der Waals surface area contributed by atoms with Gasteiger partial charge in [0.25, 0.3) is 0 Å². The van der Waals surface area contributed by atoms with Gasteiger partial charge in [-0.3, -0.25) is 0 Å². The van der Waals surface area contributed by atoms with Crippen molar-refractivity contribution in [3.05, 3.63) is 71.4 Å². The Bertz CT molecular complexity index is 635. The van der Waals surface area contributed by atoms with E-state index in [0.29, 0.717) is 0 Å². The number of hydrogen-bond acceptors (Lipinski definition) is 0. The Labute approximate surface area is 101 Å². The Hall–Kier alpha value is -2.02. The molecule has 0 bridgehead atoms. The zero-order chi connectivity index (χ0) is 11.7. The van der Waals surface area contributed by atoms with Crippen LogP contribution in [0.4, 0.5) is 0 Å². The molecule has 0 saturated carbocycles. The molecule has 0 aliphatic heterocycles. The lowest BCUT2D eigenvalue weighted by Gasteiger charge is -2.02. The number of aromatic amines is 1. The predicted molar refractivity (Wildman–Crippen MR) is 72.3 cm³/mol. The predicted octanol–water partition coefficient (Wildman–Crippen LogP) is 4.07. The maximum atomic E-state index is 3.28. The monoisotopic (exact) mass is 221 g/mol. The molecule has 1 N–H and O–H groups in total. The summed E-state index contributed by atoms with van der Waals surface area (Å²) in [5.74, 6) is 0. The van der Waals surface area contributed by atoms with Crippen molar-refractivity contribution < 1.29 is 0 Å². The maximum Gasteiger partial charge on any atom is 0.0456 e. The molecule has 2 aromatic carbocycles. The SMILES string of the molecule is Cc1c[nH]c2ccc(Cc3ccccc3)cc12. The number of aryl methyl sites for hydroxylation is 1. The Morgan fingerprint density at radius 1 is 0.941 bits per heavy atom. The number of aromatic nitrogens is 1. The fourth-order valence-electron chi connectivity index (χ4n) is 2.25. The first-order valence-corrected chi connectivity index (χ1v) is 5.93. The van der Waals surface area contributed by atoms with E-state index in [1.165, 1.54) is 27.6 Å². The van der Waals surface area contributed by atoms with E-state index in [9.17, 15) is 0 Å². The second kappa shape index (κ2) is 4.10. The number of H-pyrrole nitrogens is 1. The third-order valence-corrected chi connectivity index (χ3v) is 3.20. The molecular formula is C16H15N. The summed E-state index contributed by atoms with van der Waals surface area (Å²) in [6, 6.07) is 17.2. The van der Waals surface area contributed by atoms with Gasteiger partial charge in [-0.1, -0.05) is 36.4 Å². The lowest BCUT2D eigenvalue weighted by atomic mass is 10.0. The van der Waals surface area contributed by atoms with E-state index in [4.69, 9.17) is 0 Å². The first-order valence-electron chi connectivity index (χ1n) is 5.93. The average molecular weight is 221 g/mol. The van der Waals surface area contributed by atoms with E-state index in [1.54, 1.807) is 0 Å². The van der Waals surface area contributed by atoms with Crippen LogP contribution < -0.4 is 0 Å². The molecule has 3 rings (SSSR count). The zero-order valence-electron chi connectivity index (χ0n) is 9.90. The Morgan fingerprint density at radius 3 is 2.59 bits per heavy atom. The summed E-state index contributed by atoms with van der Waals surface area (Å²) < 4.78 is 0. The third kappa shape index (κ3) is 1.96. The van der Waals surface area contributed by atoms with Crippen LogP contribution in [0.2, 0.25) is 0 Å². The molecule has 0 spiro atoms. The number of benzene rings is 2. The van der Waals surface area contributed by atoms with Crippen LogP contribution in [-0.2, 0) is 6.42 Å². The number of rotatable bonds is 2. The molecule has 0 unspecified atom stereocenters. The molecular weight excluding hydrogens is 206 g/mol. The van der Waals surface area contributed by atoms with Gasteiger partial charge in [-0.15, -0.1) is 0 Å². The molecule has 3 aromatic rings. The largest absolute Gasteiger partial charge is 0.361 e. The Kier molecular flexibility index (Phi) is 2.45. The molecule has 0 radical (unpaired) electrons. The summed E-state index contributed by atoms with van der Waals surface area (Å²) in [5.41, 5.74) is 5.26. The summed E-state index contributed by atoms with van der Waals surface area (Å²) in [7, 11) is 0. The average Bonchev–Trinajstić information content (AvgIpc) is 2.73. The number of hydrogen-bond donors (Lipinski definition) is 1. The van der Waals surface area contributed by atoms with Crippen molar-refractivity contribution in [2.75, 3.05) is 0 Å². The van der Waals surface area contributed by atoms with E-state index in [0.717, 1.165) is 6.42 Å². The molecule has 1 heterocycles. The van der Waals surface area contributed by atoms with Crippen molar-refractivity contribution >= 4 is 10.9 Å². The van der Waals surface area contributed by atoms with Gasteiger partial charge in [0.05, 0.1) is 0 Å². The van der Waals surface area contributed by atoms with Gasteiger partial charge < -0.3 is 4.98 Å². The van der Waals surface area contributed by atoms with Crippen molar-refractivity contribution in [2.24, 2.45) is 0 Å². The lowest BCUT2D eigenvalue weighted by Crippen LogP contribution is -1.87. The zero-order valence-corrected chi connectivity index (χ0v) is 9.90. The van der Waals surface area contributed by atoms with Gasteiger partial charge in [-0.05, 0) is 42.2 Å². The van der Waals surface area contributed by atoms with Crippen LogP contribution >= 0.6 is 0 Å². The molecule has 1 aromatic heterocycles. The lowest BCUT2D eigenvalue weighted by molar-refractivity contribution is 1.20. The van der Waals surface area contributed by atoms with Gasteiger partial charge >= 0.3 is 0 Å². The molecule has 0 fully saturated rings. The molecule has 0 aliphatic rings. The van der Waals surface area contributed by atoms with Crippen molar-refractivity contribution in [3.8, 4) is 0 Å². The van der Waals surface area contributed by atoms with Gasteiger partial charge in [-0.2, -0.15) is 0 Å². The van der Waals surface area contributed by atoms with Gasteiger partial charge in [0, 0.05) is 17.1 Å². The molecule has 0 aliphatic carbocycles. The number of fused-ring (bicyclic) bond motifs is 1. The highest BCUT2D eigenvalue weighted by molar-refractivity contribution is 5.83. The summed E-state index contributed by atoms with van der Waals surface area (Å²) in [6.07, 6.45) is 3.07. The van der Waals surface area contributed by atoms with Crippen LogP contribution in [0.3, 0.4) is 0 Å². The van der Waals surface area contributed by atoms with E-state index >= 15 is 0 Å². The van der Waals surface area contributed by atoms with E-state index in [1.807, 2.05) is 0 Å². The minimum Gasteiger partial charge on any atom is -0.361 e. The summed E-state index contributed by atoms with van der Waals surface area (Å²) >= 11 is 0. The normalized spacial score (nSPS) is 10.9. The van der Waals surface area contributed by atoms with Crippen molar-refractivity contribution in [2.45, 2.75) is 13.3 Å². The quantitative estimate of drug-likeness (QED) is 0.671.